The number of carbonyl (C=O) groups is 2. The fourth-order valence-corrected chi connectivity index (χ4v) is 11.8. The standard InChI is InChI=1S/C31H44BrNO3/c1-26(2)10-12-31(25(35)36)13-11-30(7)23(19(31)16-26)20(32)14-22-28(5)15-18(17-33)24(34)27(3,4)21(28)8-9-29(22,30)6/h18-19,21-22H,8-16H2,1-7H3,(H,35,36). The number of nitrogens with zero attached hydrogens (tertiary/aromatic N) is 1. The van der Waals surface area contributed by atoms with Crippen LogP contribution in [0.1, 0.15) is 106 Å². The monoisotopic (exact) mass is 557 g/mol. The zero-order chi connectivity index (χ0) is 26.7. The molecule has 0 aromatic carbocycles. The summed E-state index contributed by atoms with van der Waals surface area (Å²) in [5.41, 5.74) is 0.195. The fourth-order valence-electron chi connectivity index (χ4n) is 10.8. The van der Waals surface area contributed by atoms with E-state index in [-0.39, 0.29) is 39.3 Å². The molecule has 198 valence electrons. The lowest BCUT2D eigenvalue weighted by molar-refractivity contribution is -0.193. The lowest BCUT2D eigenvalue weighted by Gasteiger charge is -2.71. The summed E-state index contributed by atoms with van der Waals surface area (Å²) in [6.07, 6.45) is 7.91. The van der Waals surface area contributed by atoms with Crippen LogP contribution in [0.4, 0.5) is 0 Å². The number of carboxylic acids is 1. The number of Topliss-reactive ketones (excluding diaryl/α,β-unsaturated/α-hetero) is 1. The van der Waals surface area contributed by atoms with Crippen molar-refractivity contribution in [1.29, 1.82) is 5.26 Å². The number of carboxylic acid groups (broad SMARTS) is 1. The highest BCUT2D eigenvalue weighted by molar-refractivity contribution is 9.11. The average Bonchev–Trinajstić information content (AvgIpc) is 2.77. The number of hydrogen-bond acceptors (Lipinski definition) is 3. The van der Waals surface area contributed by atoms with E-state index in [9.17, 15) is 20.0 Å². The zero-order valence-electron chi connectivity index (χ0n) is 23.3. The molecule has 8 unspecified atom stereocenters. The molecule has 0 spiro atoms. The molecule has 4 fully saturated rings. The Morgan fingerprint density at radius 3 is 2.22 bits per heavy atom. The van der Waals surface area contributed by atoms with E-state index in [0.717, 1.165) is 51.4 Å². The van der Waals surface area contributed by atoms with Gasteiger partial charge in [0.15, 0.2) is 5.78 Å². The van der Waals surface area contributed by atoms with Gasteiger partial charge in [-0.1, -0.05) is 64.4 Å². The molecule has 0 aromatic heterocycles. The molecule has 1 N–H and O–H groups in total. The number of aliphatic carboxylic acids is 1. The van der Waals surface area contributed by atoms with Crippen molar-refractivity contribution in [2.75, 3.05) is 0 Å². The van der Waals surface area contributed by atoms with Gasteiger partial charge in [-0.3, -0.25) is 9.59 Å². The Kier molecular flexibility index (Phi) is 5.66. The van der Waals surface area contributed by atoms with E-state index in [2.05, 4.69) is 70.5 Å². The summed E-state index contributed by atoms with van der Waals surface area (Å²) < 4.78 is 1.23. The van der Waals surface area contributed by atoms with Crippen molar-refractivity contribution in [3.8, 4) is 6.07 Å². The minimum atomic E-state index is -0.654. The Balaban J connectivity index is 1.67. The number of ketones is 1. The van der Waals surface area contributed by atoms with Gasteiger partial charge in [0.2, 0.25) is 0 Å². The second-order valence-electron chi connectivity index (χ2n) is 15.3. The lowest BCUT2D eigenvalue weighted by atomic mass is 9.33. The van der Waals surface area contributed by atoms with Crippen molar-refractivity contribution < 1.29 is 14.7 Å². The Hall–Kier alpha value is -1.15. The first-order chi connectivity index (χ1) is 16.5. The van der Waals surface area contributed by atoms with Crippen LogP contribution < -0.4 is 0 Å². The molecule has 0 aliphatic heterocycles. The van der Waals surface area contributed by atoms with Gasteiger partial charge in [-0.25, -0.2) is 0 Å². The van der Waals surface area contributed by atoms with Gasteiger partial charge in [0.05, 0.1) is 11.5 Å². The van der Waals surface area contributed by atoms with Gasteiger partial charge in [-0.05, 0) is 107 Å². The van der Waals surface area contributed by atoms with E-state index < -0.39 is 22.7 Å². The highest BCUT2D eigenvalue weighted by Crippen LogP contribution is 2.77. The molecule has 0 amide bonds. The smallest absolute Gasteiger partial charge is 0.310 e. The van der Waals surface area contributed by atoms with Crippen LogP contribution in [0.2, 0.25) is 0 Å². The summed E-state index contributed by atoms with van der Waals surface area (Å²) in [6, 6.07) is 2.38. The van der Waals surface area contributed by atoms with Crippen molar-refractivity contribution >= 4 is 27.7 Å². The minimum absolute atomic E-state index is 0.00752. The minimum Gasteiger partial charge on any atom is -0.481 e. The number of halogens is 1. The number of nitriles is 1. The predicted molar refractivity (Wildman–Crippen MR) is 144 cm³/mol. The molecule has 0 heterocycles. The third-order valence-electron chi connectivity index (χ3n) is 13.0. The molecule has 4 saturated carbocycles. The fraction of sp³-hybridized carbons (Fsp3) is 0.839. The molecule has 5 heteroatoms. The van der Waals surface area contributed by atoms with Gasteiger partial charge in [0, 0.05) is 5.41 Å². The van der Waals surface area contributed by atoms with Crippen LogP contribution in [0.3, 0.4) is 0 Å². The highest BCUT2D eigenvalue weighted by Gasteiger charge is 2.71. The van der Waals surface area contributed by atoms with Crippen LogP contribution in [-0.4, -0.2) is 16.9 Å². The van der Waals surface area contributed by atoms with E-state index in [1.165, 1.54) is 10.1 Å². The molecule has 5 aliphatic rings. The molecular formula is C31H44BrNO3. The van der Waals surface area contributed by atoms with Crippen LogP contribution in [-0.2, 0) is 9.59 Å². The van der Waals surface area contributed by atoms with E-state index in [1.807, 2.05) is 0 Å². The maximum absolute atomic E-state index is 13.3. The molecule has 0 aromatic rings. The van der Waals surface area contributed by atoms with E-state index in [0.29, 0.717) is 12.3 Å². The molecule has 0 bridgehead atoms. The second kappa shape index (κ2) is 7.71. The largest absolute Gasteiger partial charge is 0.481 e. The van der Waals surface area contributed by atoms with Crippen molar-refractivity contribution in [2.24, 2.45) is 56.2 Å². The van der Waals surface area contributed by atoms with Crippen LogP contribution in [0.5, 0.6) is 0 Å². The molecule has 36 heavy (non-hydrogen) atoms. The molecule has 0 saturated heterocycles. The first kappa shape index (κ1) is 26.5. The predicted octanol–water partition coefficient (Wildman–Crippen LogP) is 7.91. The summed E-state index contributed by atoms with van der Waals surface area (Å²) in [4.78, 5) is 26.2. The SMILES string of the molecule is CC1(C)CCC2(C(=O)O)CCC3(C)C(=C(Br)CC4C5(C)CC(C#N)C(=O)C(C)(C)C5CCC43C)C2C1. The van der Waals surface area contributed by atoms with E-state index >= 15 is 0 Å². The van der Waals surface area contributed by atoms with Gasteiger partial charge < -0.3 is 5.11 Å². The lowest BCUT2D eigenvalue weighted by Crippen LogP contribution is -2.66. The third-order valence-corrected chi connectivity index (χ3v) is 13.7. The van der Waals surface area contributed by atoms with Gasteiger partial charge in [0.25, 0.3) is 0 Å². The number of rotatable bonds is 1. The van der Waals surface area contributed by atoms with Crippen molar-refractivity contribution in [1.82, 2.24) is 0 Å². The number of carbonyl (C=O) groups excluding carboxylic acids is 1. The number of fused-ring (bicyclic) bond motifs is 7. The normalized spacial score (nSPS) is 49.1. The summed E-state index contributed by atoms with van der Waals surface area (Å²) in [7, 11) is 0. The number of allylic oxidation sites excluding steroid dienone is 2. The Morgan fingerprint density at radius 1 is 0.972 bits per heavy atom. The topological polar surface area (TPSA) is 78.2 Å². The average molecular weight is 559 g/mol. The van der Waals surface area contributed by atoms with Crippen molar-refractivity contribution in [3.63, 3.8) is 0 Å². The maximum Gasteiger partial charge on any atom is 0.310 e. The number of hydrogen-bond donors (Lipinski definition) is 1. The summed E-state index contributed by atoms with van der Waals surface area (Å²) in [5, 5.41) is 20.5. The van der Waals surface area contributed by atoms with Crippen LogP contribution in [0, 0.1) is 67.5 Å². The van der Waals surface area contributed by atoms with Gasteiger partial charge >= 0.3 is 5.97 Å². The van der Waals surface area contributed by atoms with Crippen LogP contribution in [0.25, 0.3) is 0 Å². The summed E-state index contributed by atoms with van der Waals surface area (Å²) >= 11 is 4.09. The molecular weight excluding hydrogens is 514 g/mol. The Bertz CT molecular complexity index is 1100. The Labute approximate surface area is 225 Å². The third kappa shape index (κ3) is 3.09. The van der Waals surface area contributed by atoms with Crippen LogP contribution >= 0.6 is 15.9 Å². The van der Waals surface area contributed by atoms with E-state index in [4.69, 9.17) is 0 Å². The first-order valence-corrected chi connectivity index (χ1v) is 14.9. The highest BCUT2D eigenvalue weighted by atomic mass is 79.9. The summed E-state index contributed by atoms with van der Waals surface area (Å²) in [5.74, 6) is -0.339. The zero-order valence-corrected chi connectivity index (χ0v) is 24.8. The van der Waals surface area contributed by atoms with Crippen LogP contribution in [0.15, 0.2) is 10.1 Å². The quantitative estimate of drug-likeness (QED) is 0.355. The van der Waals surface area contributed by atoms with Gasteiger partial charge in [0.1, 0.15) is 5.92 Å². The van der Waals surface area contributed by atoms with Gasteiger partial charge in [-0.2, -0.15) is 5.26 Å². The van der Waals surface area contributed by atoms with Crippen molar-refractivity contribution in [2.45, 2.75) is 106 Å². The van der Waals surface area contributed by atoms with Crippen molar-refractivity contribution in [3.05, 3.63) is 10.1 Å². The molecule has 8 atom stereocenters. The summed E-state index contributed by atoms with van der Waals surface area (Å²) in [6.45, 7) is 16.1. The Morgan fingerprint density at radius 2 is 1.61 bits per heavy atom. The molecule has 4 nitrogen and oxygen atoms in total. The molecule has 5 rings (SSSR count). The van der Waals surface area contributed by atoms with Gasteiger partial charge in [-0.15, -0.1) is 0 Å². The second-order valence-corrected chi connectivity index (χ2v) is 16.2. The maximum atomic E-state index is 13.3. The molecule has 5 aliphatic carbocycles. The first-order valence-electron chi connectivity index (χ1n) is 14.1. The van der Waals surface area contributed by atoms with E-state index in [1.54, 1.807) is 0 Å². The molecule has 0 radical (unpaired) electrons.